The predicted octanol–water partition coefficient (Wildman–Crippen LogP) is 3.97. The van der Waals surface area contributed by atoms with Gasteiger partial charge in [-0.3, -0.25) is 4.79 Å². The minimum absolute atomic E-state index is 0.00388. The summed E-state index contributed by atoms with van der Waals surface area (Å²) in [5, 5.41) is 3.19. The summed E-state index contributed by atoms with van der Waals surface area (Å²) in [5.41, 5.74) is 0.258. The number of para-hydroxylation sites is 2. The highest BCUT2D eigenvalue weighted by Crippen LogP contribution is 2.32. The number of carbonyl (C=O) groups excluding carboxylic acids is 2. The molecule has 0 aromatic heterocycles. The summed E-state index contributed by atoms with van der Waals surface area (Å²) < 4.78 is 15.9. The molecule has 1 atom stereocenters. The van der Waals surface area contributed by atoms with E-state index >= 15 is 0 Å². The van der Waals surface area contributed by atoms with Crippen LogP contribution in [0, 0.1) is 0 Å². The standard InChI is InChI=1S/C17H12Cl3NO5/c18-9-5-11(20)12(6-10(9)19)21-16(22)8-25-17(23)15-7-24-13-3-1-2-4-14(13)26-15/h1-6,15H,7-8H2,(H,21,22). The molecule has 1 aliphatic rings. The van der Waals surface area contributed by atoms with Gasteiger partial charge in [0.15, 0.2) is 18.1 Å². The van der Waals surface area contributed by atoms with Crippen LogP contribution in [0.4, 0.5) is 5.69 Å². The molecule has 136 valence electrons. The van der Waals surface area contributed by atoms with Gasteiger partial charge in [0.1, 0.15) is 6.61 Å². The van der Waals surface area contributed by atoms with Gasteiger partial charge in [0, 0.05) is 0 Å². The second-order valence-corrected chi connectivity index (χ2v) is 6.49. The molecule has 26 heavy (non-hydrogen) atoms. The van der Waals surface area contributed by atoms with E-state index in [0.717, 1.165) is 0 Å². The maximum Gasteiger partial charge on any atom is 0.351 e. The second-order valence-electron chi connectivity index (χ2n) is 5.27. The van der Waals surface area contributed by atoms with Gasteiger partial charge in [-0.2, -0.15) is 0 Å². The molecule has 0 spiro atoms. The van der Waals surface area contributed by atoms with Crippen molar-refractivity contribution in [2.24, 2.45) is 0 Å². The lowest BCUT2D eigenvalue weighted by Crippen LogP contribution is -2.39. The van der Waals surface area contributed by atoms with Crippen LogP contribution in [-0.2, 0) is 14.3 Å². The lowest BCUT2D eigenvalue weighted by molar-refractivity contribution is -0.156. The van der Waals surface area contributed by atoms with Crippen LogP contribution in [-0.4, -0.2) is 31.2 Å². The molecule has 1 aliphatic heterocycles. The molecule has 1 unspecified atom stereocenters. The zero-order valence-corrected chi connectivity index (χ0v) is 15.4. The number of nitrogens with one attached hydrogen (secondary N) is 1. The first-order valence-corrected chi connectivity index (χ1v) is 8.57. The van der Waals surface area contributed by atoms with Crippen LogP contribution in [0.5, 0.6) is 11.5 Å². The van der Waals surface area contributed by atoms with Crippen LogP contribution < -0.4 is 14.8 Å². The number of benzene rings is 2. The van der Waals surface area contributed by atoms with E-state index in [2.05, 4.69) is 5.32 Å². The second kappa shape index (κ2) is 8.03. The largest absolute Gasteiger partial charge is 0.485 e. The molecule has 0 aliphatic carbocycles. The number of fused-ring (bicyclic) bond motifs is 1. The van der Waals surface area contributed by atoms with Gasteiger partial charge in [-0.1, -0.05) is 46.9 Å². The Morgan fingerprint density at radius 3 is 2.54 bits per heavy atom. The van der Waals surface area contributed by atoms with Gasteiger partial charge < -0.3 is 19.5 Å². The SMILES string of the molecule is O=C(COC(=O)C1COc2ccccc2O1)Nc1cc(Cl)c(Cl)cc1Cl. The fourth-order valence-corrected chi connectivity index (χ4v) is 2.76. The highest BCUT2D eigenvalue weighted by Gasteiger charge is 2.29. The highest BCUT2D eigenvalue weighted by molar-refractivity contribution is 6.44. The lowest BCUT2D eigenvalue weighted by Gasteiger charge is -2.24. The Morgan fingerprint density at radius 1 is 1.08 bits per heavy atom. The quantitative estimate of drug-likeness (QED) is 0.603. The number of carbonyl (C=O) groups is 2. The van der Waals surface area contributed by atoms with Crippen molar-refractivity contribution in [2.45, 2.75) is 6.10 Å². The summed E-state index contributed by atoms with van der Waals surface area (Å²) in [6.07, 6.45) is -0.953. The molecular formula is C17H12Cl3NO5. The first kappa shape index (κ1) is 18.6. The number of halogens is 3. The molecule has 0 saturated heterocycles. The zero-order valence-electron chi connectivity index (χ0n) is 13.1. The van der Waals surface area contributed by atoms with Crippen molar-refractivity contribution in [3.05, 3.63) is 51.5 Å². The van der Waals surface area contributed by atoms with Crippen LogP contribution >= 0.6 is 34.8 Å². The van der Waals surface area contributed by atoms with Crippen molar-refractivity contribution in [3.63, 3.8) is 0 Å². The Bertz CT molecular complexity index is 858. The van der Waals surface area contributed by atoms with Gasteiger partial charge in [-0.25, -0.2) is 4.79 Å². The van der Waals surface area contributed by atoms with E-state index in [4.69, 9.17) is 49.0 Å². The summed E-state index contributed by atoms with van der Waals surface area (Å²) in [5.74, 6) is -0.318. The van der Waals surface area contributed by atoms with Gasteiger partial charge in [0.2, 0.25) is 6.10 Å². The smallest absolute Gasteiger partial charge is 0.351 e. The number of ether oxygens (including phenoxy) is 3. The summed E-state index contributed by atoms with van der Waals surface area (Å²) in [6.45, 7) is -0.521. The summed E-state index contributed by atoms with van der Waals surface area (Å²) in [7, 11) is 0. The van der Waals surface area contributed by atoms with E-state index in [0.29, 0.717) is 11.5 Å². The molecule has 3 rings (SSSR count). The number of anilines is 1. The number of rotatable bonds is 4. The van der Waals surface area contributed by atoms with Crippen LogP contribution in [0.3, 0.4) is 0 Å². The molecule has 0 bridgehead atoms. The Balaban J connectivity index is 1.53. The monoisotopic (exact) mass is 415 g/mol. The zero-order chi connectivity index (χ0) is 18.7. The minimum atomic E-state index is -0.953. The third kappa shape index (κ3) is 4.33. The van der Waals surface area contributed by atoms with Crippen LogP contribution in [0.15, 0.2) is 36.4 Å². The van der Waals surface area contributed by atoms with Crippen LogP contribution in [0.2, 0.25) is 15.1 Å². The van der Waals surface area contributed by atoms with E-state index < -0.39 is 24.6 Å². The van der Waals surface area contributed by atoms with Gasteiger partial charge in [0.25, 0.3) is 5.91 Å². The van der Waals surface area contributed by atoms with E-state index in [1.165, 1.54) is 12.1 Å². The first-order valence-electron chi connectivity index (χ1n) is 7.43. The van der Waals surface area contributed by atoms with Crippen molar-refractivity contribution >= 4 is 52.4 Å². The Morgan fingerprint density at radius 2 is 1.77 bits per heavy atom. The fraction of sp³-hybridized carbons (Fsp3) is 0.176. The molecule has 0 saturated carbocycles. The molecule has 1 amide bonds. The highest BCUT2D eigenvalue weighted by atomic mass is 35.5. The molecule has 1 N–H and O–H groups in total. The predicted molar refractivity (Wildman–Crippen MR) is 97.4 cm³/mol. The third-order valence-corrected chi connectivity index (χ3v) is 4.44. The maximum atomic E-state index is 12.1. The minimum Gasteiger partial charge on any atom is -0.485 e. The van der Waals surface area contributed by atoms with Crippen molar-refractivity contribution in [1.29, 1.82) is 0 Å². The third-order valence-electron chi connectivity index (χ3n) is 3.40. The molecule has 0 fully saturated rings. The van der Waals surface area contributed by atoms with E-state index in [1.807, 2.05) is 0 Å². The average molecular weight is 417 g/mol. The van der Waals surface area contributed by atoms with E-state index in [-0.39, 0.29) is 27.4 Å². The number of esters is 1. The maximum absolute atomic E-state index is 12.1. The van der Waals surface area contributed by atoms with Gasteiger partial charge in [0.05, 0.1) is 20.8 Å². The van der Waals surface area contributed by atoms with E-state index in [9.17, 15) is 9.59 Å². The van der Waals surface area contributed by atoms with Gasteiger partial charge in [-0.15, -0.1) is 0 Å². The molecular weight excluding hydrogens is 405 g/mol. The average Bonchev–Trinajstić information content (AvgIpc) is 2.63. The molecule has 2 aromatic carbocycles. The fourth-order valence-electron chi connectivity index (χ4n) is 2.17. The molecule has 2 aromatic rings. The summed E-state index contributed by atoms with van der Waals surface area (Å²) in [4.78, 5) is 24.0. The molecule has 9 heteroatoms. The van der Waals surface area contributed by atoms with Gasteiger partial charge >= 0.3 is 5.97 Å². The number of hydrogen-bond donors (Lipinski definition) is 1. The Labute approximate surface area is 163 Å². The number of hydrogen-bond acceptors (Lipinski definition) is 5. The molecule has 6 nitrogen and oxygen atoms in total. The van der Waals surface area contributed by atoms with Crippen molar-refractivity contribution < 1.29 is 23.8 Å². The van der Waals surface area contributed by atoms with Crippen LogP contribution in [0.25, 0.3) is 0 Å². The molecule has 0 radical (unpaired) electrons. The Kier molecular flexibility index (Phi) is 5.76. The Hall–Kier alpha value is -2.15. The van der Waals surface area contributed by atoms with E-state index in [1.54, 1.807) is 24.3 Å². The van der Waals surface area contributed by atoms with Crippen molar-refractivity contribution in [1.82, 2.24) is 0 Å². The normalized spacial score (nSPS) is 15.3. The van der Waals surface area contributed by atoms with Gasteiger partial charge in [-0.05, 0) is 24.3 Å². The topological polar surface area (TPSA) is 73.9 Å². The summed E-state index contributed by atoms with van der Waals surface area (Å²) in [6, 6.07) is 9.75. The number of amides is 1. The summed E-state index contributed by atoms with van der Waals surface area (Å²) >= 11 is 17.7. The molecule has 1 heterocycles. The van der Waals surface area contributed by atoms with Crippen molar-refractivity contribution in [3.8, 4) is 11.5 Å². The first-order chi connectivity index (χ1) is 12.4. The van der Waals surface area contributed by atoms with Crippen LogP contribution in [0.1, 0.15) is 0 Å². The van der Waals surface area contributed by atoms with Crippen molar-refractivity contribution in [2.75, 3.05) is 18.5 Å². The lowest BCUT2D eigenvalue weighted by atomic mass is 10.2.